The monoisotopic (exact) mass is 408 g/mol. The molecule has 30 heavy (non-hydrogen) atoms. The van der Waals surface area contributed by atoms with Gasteiger partial charge >= 0.3 is 5.97 Å². The topological polar surface area (TPSA) is 92.8 Å². The maximum absolute atomic E-state index is 12.8. The van der Waals surface area contributed by atoms with E-state index in [1.165, 1.54) is 30.2 Å². The summed E-state index contributed by atoms with van der Waals surface area (Å²) in [5.41, 5.74) is 1.55. The Labute approximate surface area is 175 Å². The summed E-state index contributed by atoms with van der Waals surface area (Å²) in [4.78, 5) is 51.3. The first-order chi connectivity index (χ1) is 14.3. The van der Waals surface area contributed by atoms with E-state index in [1.807, 2.05) is 44.2 Å². The zero-order chi connectivity index (χ0) is 21.8. The number of fused-ring (bicyclic) bond motifs is 1. The number of amides is 3. The van der Waals surface area contributed by atoms with Gasteiger partial charge in [0.05, 0.1) is 18.2 Å². The van der Waals surface area contributed by atoms with Crippen LogP contribution in [0.1, 0.15) is 50.5 Å². The van der Waals surface area contributed by atoms with Gasteiger partial charge in [-0.15, -0.1) is 0 Å². The number of nitrogens with zero attached hydrogens (tertiary/aromatic N) is 1. The molecule has 0 bridgehead atoms. The van der Waals surface area contributed by atoms with E-state index < -0.39 is 23.8 Å². The molecule has 0 spiro atoms. The molecule has 3 rings (SSSR count). The van der Waals surface area contributed by atoms with Crippen LogP contribution in [-0.4, -0.2) is 48.3 Å². The van der Waals surface area contributed by atoms with Gasteiger partial charge in [-0.3, -0.25) is 19.3 Å². The van der Waals surface area contributed by atoms with Crippen molar-refractivity contribution in [3.8, 4) is 0 Å². The molecule has 2 aromatic carbocycles. The summed E-state index contributed by atoms with van der Waals surface area (Å²) >= 11 is 0. The average Bonchev–Trinajstić information content (AvgIpc) is 2.97. The van der Waals surface area contributed by atoms with E-state index in [0.29, 0.717) is 6.54 Å². The second-order valence-electron chi connectivity index (χ2n) is 7.61. The minimum atomic E-state index is -0.882. The summed E-state index contributed by atoms with van der Waals surface area (Å²) < 4.78 is 4.82. The Hall–Kier alpha value is -3.48. The highest BCUT2D eigenvalue weighted by Gasteiger charge is 2.36. The molecule has 0 fully saturated rings. The largest absolute Gasteiger partial charge is 0.467 e. The molecule has 1 atom stereocenters. The Morgan fingerprint density at radius 3 is 2.30 bits per heavy atom. The van der Waals surface area contributed by atoms with E-state index in [1.54, 1.807) is 0 Å². The summed E-state index contributed by atoms with van der Waals surface area (Å²) in [6, 6.07) is 12.7. The maximum atomic E-state index is 12.8. The van der Waals surface area contributed by atoms with Gasteiger partial charge in [0.15, 0.2) is 0 Å². The van der Waals surface area contributed by atoms with Gasteiger partial charge in [-0.2, -0.15) is 0 Å². The van der Waals surface area contributed by atoms with Crippen LogP contribution in [0.25, 0.3) is 0 Å². The summed E-state index contributed by atoms with van der Waals surface area (Å²) in [6.07, 6.45) is 0.268. The van der Waals surface area contributed by atoms with Crippen LogP contribution in [0.5, 0.6) is 0 Å². The number of carbonyl (C=O) groups is 4. The number of imide groups is 1. The Morgan fingerprint density at radius 1 is 1.00 bits per heavy atom. The number of hydrogen-bond acceptors (Lipinski definition) is 5. The summed E-state index contributed by atoms with van der Waals surface area (Å²) in [5.74, 6) is -1.72. The number of rotatable bonds is 7. The highest BCUT2D eigenvalue weighted by molar-refractivity contribution is 6.22. The van der Waals surface area contributed by atoms with E-state index in [2.05, 4.69) is 5.32 Å². The van der Waals surface area contributed by atoms with Gasteiger partial charge in [0.2, 0.25) is 0 Å². The number of methoxy groups -OCH3 is 1. The molecule has 0 aromatic heterocycles. The number of carbonyl (C=O) groups excluding carboxylic acids is 4. The molecule has 0 saturated carbocycles. The van der Waals surface area contributed by atoms with Crippen molar-refractivity contribution < 1.29 is 23.9 Å². The fourth-order valence-corrected chi connectivity index (χ4v) is 3.39. The van der Waals surface area contributed by atoms with Crippen LogP contribution in [-0.2, 0) is 16.0 Å². The maximum Gasteiger partial charge on any atom is 0.328 e. The highest BCUT2D eigenvalue weighted by Crippen LogP contribution is 2.25. The molecule has 1 N–H and O–H groups in total. The molecule has 2 aromatic rings. The number of ether oxygens (including phenoxy) is 1. The van der Waals surface area contributed by atoms with Crippen molar-refractivity contribution in [2.75, 3.05) is 13.7 Å². The fraction of sp³-hybridized carbons (Fsp3) is 0.304. The van der Waals surface area contributed by atoms with Gasteiger partial charge in [0.25, 0.3) is 17.7 Å². The third kappa shape index (κ3) is 4.40. The first-order valence-corrected chi connectivity index (χ1v) is 9.74. The van der Waals surface area contributed by atoms with Crippen molar-refractivity contribution in [2.45, 2.75) is 26.3 Å². The molecule has 0 saturated heterocycles. The predicted molar refractivity (Wildman–Crippen MR) is 110 cm³/mol. The molecule has 1 aliphatic heterocycles. The molecule has 1 unspecified atom stereocenters. The van der Waals surface area contributed by atoms with Gasteiger partial charge < -0.3 is 10.1 Å². The van der Waals surface area contributed by atoms with E-state index in [4.69, 9.17) is 4.74 Å². The zero-order valence-corrected chi connectivity index (χ0v) is 17.2. The van der Waals surface area contributed by atoms with E-state index >= 15 is 0 Å². The van der Waals surface area contributed by atoms with Crippen LogP contribution in [0.3, 0.4) is 0 Å². The molecule has 156 valence electrons. The number of hydrogen-bond donors (Lipinski definition) is 1. The van der Waals surface area contributed by atoms with Crippen LogP contribution < -0.4 is 5.32 Å². The van der Waals surface area contributed by atoms with Gasteiger partial charge in [-0.05, 0) is 29.7 Å². The minimum Gasteiger partial charge on any atom is -0.467 e. The molecular formula is C23H24N2O5. The normalized spacial score (nSPS) is 13.9. The lowest BCUT2D eigenvalue weighted by Gasteiger charge is -2.17. The van der Waals surface area contributed by atoms with Crippen molar-refractivity contribution in [1.29, 1.82) is 0 Å². The van der Waals surface area contributed by atoms with Gasteiger partial charge in [-0.1, -0.05) is 44.2 Å². The molecule has 0 aliphatic carbocycles. The summed E-state index contributed by atoms with van der Waals surface area (Å²) in [5, 5.41) is 2.67. The van der Waals surface area contributed by atoms with E-state index in [-0.39, 0.29) is 34.9 Å². The van der Waals surface area contributed by atoms with E-state index in [0.717, 1.165) is 5.56 Å². The van der Waals surface area contributed by atoms with E-state index in [9.17, 15) is 19.2 Å². The van der Waals surface area contributed by atoms with Gasteiger partial charge in [0, 0.05) is 18.5 Å². The lowest BCUT2D eigenvalue weighted by molar-refractivity contribution is -0.142. The quantitative estimate of drug-likeness (QED) is 0.561. The molecule has 1 aliphatic rings. The standard InChI is InChI=1S/C23H24N2O5/c1-14(2)13-25-21(27)17-10-9-16(12-18(17)22(25)28)20(26)24-19(23(29)30-3)11-15-7-5-4-6-8-15/h4-10,12,14,19H,11,13H2,1-3H3,(H,24,26). The molecular weight excluding hydrogens is 384 g/mol. The Morgan fingerprint density at radius 2 is 1.67 bits per heavy atom. The number of benzene rings is 2. The Balaban J connectivity index is 1.80. The van der Waals surface area contributed by atoms with Crippen molar-refractivity contribution in [2.24, 2.45) is 5.92 Å². The molecule has 0 radical (unpaired) electrons. The van der Waals surface area contributed by atoms with Crippen LogP contribution in [0.2, 0.25) is 0 Å². The highest BCUT2D eigenvalue weighted by atomic mass is 16.5. The number of nitrogens with one attached hydrogen (secondary N) is 1. The first-order valence-electron chi connectivity index (χ1n) is 9.74. The third-order valence-electron chi connectivity index (χ3n) is 4.85. The second kappa shape index (κ2) is 8.90. The molecule has 7 nitrogen and oxygen atoms in total. The Kier molecular flexibility index (Phi) is 6.30. The molecule has 7 heteroatoms. The summed E-state index contributed by atoms with van der Waals surface area (Å²) in [6.45, 7) is 4.15. The smallest absolute Gasteiger partial charge is 0.328 e. The van der Waals surface area contributed by atoms with Crippen LogP contribution in [0.15, 0.2) is 48.5 Å². The summed E-state index contributed by atoms with van der Waals surface area (Å²) in [7, 11) is 1.26. The van der Waals surface area contributed by atoms with Crippen molar-refractivity contribution >= 4 is 23.7 Å². The fourth-order valence-electron chi connectivity index (χ4n) is 3.39. The van der Waals surface area contributed by atoms with Crippen LogP contribution >= 0.6 is 0 Å². The zero-order valence-electron chi connectivity index (χ0n) is 17.2. The van der Waals surface area contributed by atoms with Crippen LogP contribution in [0, 0.1) is 5.92 Å². The van der Waals surface area contributed by atoms with Crippen molar-refractivity contribution in [3.63, 3.8) is 0 Å². The predicted octanol–water partition coefficient (Wildman–Crippen LogP) is 2.45. The lowest BCUT2D eigenvalue weighted by atomic mass is 10.0. The minimum absolute atomic E-state index is 0.133. The lowest BCUT2D eigenvalue weighted by Crippen LogP contribution is -2.43. The molecule has 3 amide bonds. The SMILES string of the molecule is COC(=O)C(Cc1ccccc1)NC(=O)c1ccc2c(c1)C(=O)N(CC(C)C)C2=O. The average molecular weight is 408 g/mol. The van der Waals surface area contributed by atoms with Crippen molar-refractivity contribution in [1.82, 2.24) is 10.2 Å². The van der Waals surface area contributed by atoms with Crippen molar-refractivity contribution in [3.05, 3.63) is 70.8 Å². The van der Waals surface area contributed by atoms with Gasteiger partial charge in [0.1, 0.15) is 6.04 Å². The van der Waals surface area contributed by atoms with Gasteiger partial charge in [-0.25, -0.2) is 4.79 Å². The van der Waals surface area contributed by atoms with Crippen LogP contribution in [0.4, 0.5) is 0 Å². The third-order valence-corrected chi connectivity index (χ3v) is 4.85. The number of esters is 1. The first kappa shape index (κ1) is 21.2. The Bertz CT molecular complexity index is 984. The molecule has 1 heterocycles. The second-order valence-corrected chi connectivity index (χ2v) is 7.61.